The minimum Gasteiger partial charge on any atom is -0.355 e. The molecular formula is C12H23ClN2O. The van der Waals surface area contributed by atoms with Crippen molar-refractivity contribution in [2.45, 2.75) is 45.1 Å². The summed E-state index contributed by atoms with van der Waals surface area (Å²) < 4.78 is 0. The second-order valence-electron chi connectivity index (χ2n) is 5.30. The molecule has 3 nitrogen and oxygen atoms in total. The highest BCUT2D eigenvalue weighted by Crippen LogP contribution is 2.49. The van der Waals surface area contributed by atoms with Crippen LogP contribution < -0.4 is 11.1 Å². The summed E-state index contributed by atoms with van der Waals surface area (Å²) in [5.74, 6) is 2.82. The van der Waals surface area contributed by atoms with E-state index in [1.165, 1.54) is 25.7 Å². The van der Waals surface area contributed by atoms with E-state index in [0.29, 0.717) is 0 Å². The molecule has 2 bridgehead atoms. The molecule has 94 valence electrons. The van der Waals surface area contributed by atoms with Crippen LogP contribution in [0.3, 0.4) is 0 Å². The van der Waals surface area contributed by atoms with E-state index in [1.54, 1.807) is 6.92 Å². The molecule has 2 aliphatic carbocycles. The van der Waals surface area contributed by atoms with E-state index < -0.39 is 0 Å². The predicted octanol–water partition coefficient (Wildman–Crippen LogP) is 1.70. The van der Waals surface area contributed by atoms with Gasteiger partial charge >= 0.3 is 0 Å². The van der Waals surface area contributed by atoms with E-state index in [1.807, 2.05) is 0 Å². The molecular weight excluding hydrogens is 224 g/mol. The average Bonchev–Trinajstić information content (AvgIpc) is 2.78. The monoisotopic (exact) mass is 246 g/mol. The van der Waals surface area contributed by atoms with Crippen LogP contribution in [0.1, 0.15) is 39.0 Å². The van der Waals surface area contributed by atoms with Crippen LogP contribution in [0, 0.1) is 17.8 Å². The zero-order chi connectivity index (χ0) is 10.8. The van der Waals surface area contributed by atoms with Crippen LogP contribution in [0.15, 0.2) is 0 Å². The van der Waals surface area contributed by atoms with E-state index >= 15 is 0 Å². The van der Waals surface area contributed by atoms with Gasteiger partial charge in [0.2, 0.25) is 5.91 Å². The highest BCUT2D eigenvalue weighted by Gasteiger charge is 2.38. The fourth-order valence-corrected chi connectivity index (χ4v) is 3.27. The smallest absolute Gasteiger partial charge is 0.236 e. The van der Waals surface area contributed by atoms with Crippen LogP contribution in [0.5, 0.6) is 0 Å². The second kappa shape index (κ2) is 5.87. The molecule has 0 aromatic carbocycles. The van der Waals surface area contributed by atoms with Gasteiger partial charge in [-0.25, -0.2) is 0 Å². The Morgan fingerprint density at radius 1 is 1.44 bits per heavy atom. The Labute approximate surface area is 104 Å². The first kappa shape index (κ1) is 13.8. The fraction of sp³-hybridized carbons (Fsp3) is 0.917. The van der Waals surface area contributed by atoms with E-state index in [4.69, 9.17) is 5.73 Å². The van der Waals surface area contributed by atoms with Gasteiger partial charge < -0.3 is 11.1 Å². The lowest BCUT2D eigenvalue weighted by Gasteiger charge is -2.21. The van der Waals surface area contributed by atoms with Gasteiger partial charge in [-0.1, -0.05) is 6.42 Å². The van der Waals surface area contributed by atoms with Crippen molar-refractivity contribution in [3.8, 4) is 0 Å². The van der Waals surface area contributed by atoms with Gasteiger partial charge in [-0.15, -0.1) is 12.4 Å². The van der Waals surface area contributed by atoms with Crippen molar-refractivity contribution in [3.63, 3.8) is 0 Å². The van der Waals surface area contributed by atoms with Crippen molar-refractivity contribution in [3.05, 3.63) is 0 Å². The van der Waals surface area contributed by atoms with Gasteiger partial charge in [-0.05, 0) is 50.4 Å². The molecule has 0 saturated heterocycles. The van der Waals surface area contributed by atoms with Gasteiger partial charge in [0.1, 0.15) is 0 Å². The summed E-state index contributed by atoms with van der Waals surface area (Å²) in [7, 11) is 0. The van der Waals surface area contributed by atoms with Crippen molar-refractivity contribution in [2.24, 2.45) is 23.5 Å². The van der Waals surface area contributed by atoms with Crippen molar-refractivity contribution in [1.29, 1.82) is 0 Å². The molecule has 0 aromatic rings. The van der Waals surface area contributed by atoms with Gasteiger partial charge in [0.05, 0.1) is 6.04 Å². The zero-order valence-electron chi connectivity index (χ0n) is 9.95. The number of fused-ring (bicyclic) bond motifs is 2. The Kier molecular flexibility index (Phi) is 5.06. The molecule has 1 amide bonds. The summed E-state index contributed by atoms with van der Waals surface area (Å²) in [4.78, 5) is 11.2. The number of rotatable bonds is 4. The molecule has 2 saturated carbocycles. The molecule has 16 heavy (non-hydrogen) atoms. The minimum atomic E-state index is -0.370. The normalized spacial score (nSPS) is 33.2. The van der Waals surface area contributed by atoms with Gasteiger partial charge in [0, 0.05) is 6.54 Å². The van der Waals surface area contributed by atoms with Gasteiger partial charge in [-0.2, -0.15) is 0 Å². The fourth-order valence-electron chi connectivity index (χ4n) is 3.27. The number of carbonyl (C=O) groups is 1. The lowest BCUT2D eigenvalue weighted by atomic mass is 9.86. The largest absolute Gasteiger partial charge is 0.355 e. The molecule has 0 radical (unpaired) electrons. The maximum atomic E-state index is 11.2. The number of halogens is 1. The SMILES string of the molecule is CC(N)C(=O)NCCC1CC2CCC1C2.Cl. The van der Waals surface area contributed by atoms with Gasteiger partial charge in [-0.3, -0.25) is 4.79 Å². The molecule has 3 N–H and O–H groups in total. The third kappa shape index (κ3) is 3.11. The third-order valence-corrected chi connectivity index (χ3v) is 4.11. The molecule has 0 heterocycles. The summed E-state index contributed by atoms with van der Waals surface area (Å²) in [5, 5.41) is 2.90. The molecule has 4 unspecified atom stereocenters. The highest BCUT2D eigenvalue weighted by molar-refractivity contribution is 5.85. The number of carbonyl (C=O) groups excluding carboxylic acids is 1. The standard InChI is InChI=1S/C12H22N2O.ClH/c1-8(13)12(15)14-5-4-11-7-9-2-3-10(11)6-9;/h8-11H,2-7,13H2,1H3,(H,14,15);1H. The molecule has 0 aromatic heterocycles. The van der Waals surface area contributed by atoms with Crippen molar-refractivity contribution in [1.82, 2.24) is 5.32 Å². The molecule has 4 heteroatoms. The van der Waals surface area contributed by atoms with Crippen molar-refractivity contribution < 1.29 is 4.79 Å². The van der Waals surface area contributed by atoms with E-state index in [-0.39, 0.29) is 24.4 Å². The molecule has 0 aliphatic heterocycles. The third-order valence-electron chi connectivity index (χ3n) is 4.11. The number of nitrogens with two attached hydrogens (primary N) is 1. The van der Waals surface area contributed by atoms with Crippen molar-refractivity contribution in [2.75, 3.05) is 6.54 Å². The summed E-state index contributed by atoms with van der Waals surface area (Å²) in [6, 6.07) is -0.370. The molecule has 0 spiro atoms. The summed E-state index contributed by atoms with van der Waals surface area (Å²) >= 11 is 0. The van der Waals surface area contributed by atoms with Crippen LogP contribution in [0.2, 0.25) is 0 Å². The van der Waals surface area contributed by atoms with E-state index in [2.05, 4.69) is 5.32 Å². The maximum absolute atomic E-state index is 11.2. The summed E-state index contributed by atoms with van der Waals surface area (Å²) in [5.41, 5.74) is 5.48. The molecule has 2 fully saturated rings. The highest BCUT2D eigenvalue weighted by atomic mass is 35.5. The number of hydrogen-bond donors (Lipinski definition) is 2. The van der Waals surface area contributed by atoms with E-state index in [0.717, 1.165) is 30.7 Å². The number of nitrogens with one attached hydrogen (secondary N) is 1. The lowest BCUT2D eigenvalue weighted by Crippen LogP contribution is -2.39. The maximum Gasteiger partial charge on any atom is 0.236 e. The summed E-state index contributed by atoms with van der Waals surface area (Å²) in [6.45, 7) is 2.54. The summed E-state index contributed by atoms with van der Waals surface area (Å²) in [6.07, 6.45) is 6.88. The lowest BCUT2D eigenvalue weighted by molar-refractivity contribution is -0.122. The zero-order valence-corrected chi connectivity index (χ0v) is 10.8. The average molecular weight is 247 g/mol. The molecule has 2 rings (SSSR count). The van der Waals surface area contributed by atoms with Crippen LogP contribution in [-0.4, -0.2) is 18.5 Å². The minimum absolute atomic E-state index is 0. The first-order valence-electron chi connectivity index (χ1n) is 6.20. The van der Waals surface area contributed by atoms with Crippen LogP contribution in [0.4, 0.5) is 0 Å². The predicted molar refractivity (Wildman–Crippen MR) is 67.5 cm³/mol. The van der Waals surface area contributed by atoms with Crippen LogP contribution in [0.25, 0.3) is 0 Å². The Morgan fingerprint density at radius 3 is 2.69 bits per heavy atom. The Balaban J connectivity index is 0.00000128. The van der Waals surface area contributed by atoms with Gasteiger partial charge in [0.15, 0.2) is 0 Å². The topological polar surface area (TPSA) is 55.1 Å². The second-order valence-corrected chi connectivity index (χ2v) is 5.30. The number of hydrogen-bond acceptors (Lipinski definition) is 2. The Hall–Kier alpha value is -0.280. The van der Waals surface area contributed by atoms with E-state index in [9.17, 15) is 4.79 Å². The van der Waals surface area contributed by atoms with Crippen LogP contribution >= 0.6 is 12.4 Å². The Morgan fingerprint density at radius 2 is 2.19 bits per heavy atom. The Bertz CT molecular complexity index is 245. The molecule has 2 aliphatic rings. The molecule has 4 atom stereocenters. The quantitative estimate of drug-likeness (QED) is 0.793. The van der Waals surface area contributed by atoms with Crippen LogP contribution in [-0.2, 0) is 4.79 Å². The van der Waals surface area contributed by atoms with Gasteiger partial charge in [0.25, 0.3) is 0 Å². The van der Waals surface area contributed by atoms with Crippen molar-refractivity contribution >= 4 is 18.3 Å². The first-order chi connectivity index (χ1) is 7.16. The number of amides is 1. The first-order valence-corrected chi connectivity index (χ1v) is 6.20.